The summed E-state index contributed by atoms with van der Waals surface area (Å²) in [5.41, 5.74) is 2.65. The molecule has 33 heavy (non-hydrogen) atoms. The third-order valence-electron chi connectivity index (χ3n) is 5.16. The maximum Gasteiger partial charge on any atom is 0.261 e. The second-order valence-corrected chi connectivity index (χ2v) is 9.35. The number of hydrogen-bond acceptors (Lipinski definition) is 5. The zero-order valence-electron chi connectivity index (χ0n) is 17.7. The molecule has 1 aromatic heterocycles. The number of fused-ring (bicyclic) bond motifs is 1. The Labute approximate surface area is 190 Å². The zero-order valence-corrected chi connectivity index (χ0v) is 18.5. The number of nitrogens with zero attached hydrogens (tertiary/aromatic N) is 1. The number of aryl methyl sites for hydroxylation is 1. The molecule has 1 heterocycles. The van der Waals surface area contributed by atoms with Crippen molar-refractivity contribution in [2.75, 3.05) is 11.3 Å². The summed E-state index contributed by atoms with van der Waals surface area (Å²) in [5.74, 6) is -0.839. The lowest BCUT2D eigenvalue weighted by Crippen LogP contribution is -2.16. The van der Waals surface area contributed by atoms with E-state index in [1.807, 2.05) is 6.07 Å². The van der Waals surface area contributed by atoms with Crippen molar-refractivity contribution in [1.82, 2.24) is 10.5 Å². The highest BCUT2D eigenvalue weighted by Crippen LogP contribution is 2.21. The molecule has 0 aliphatic rings. The van der Waals surface area contributed by atoms with E-state index in [2.05, 4.69) is 15.2 Å². The highest BCUT2D eigenvalue weighted by molar-refractivity contribution is 7.92. The maximum atomic E-state index is 13.2. The molecule has 9 heteroatoms. The first-order valence-corrected chi connectivity index (χ1v) is 12.0. The zero-order chi connectivity index (χ0) is 23.3. The van der Waals surface area contributed by atoms with Gasteiger partial charge in [0.2, 0.25) is 0 Å². The van der Waals surface area contributed by atoms with Crippen molar-refractivity contribution in [3.8, 4) is 0 Å². The van der Waals surface area contributed by atoms with Crippen LogP contribution in [0.1, 0.15) is 24.1 Å². The molecule has 0 saturated heterocycles. The standard InChI is InChI=1S/C24H23F2N3O3S/c25-18-7-10-21(11-8-18)33(30,31)29-20-5-3-4-17(14-20)16-27-13-2-1-6-23-22-12-9-19(26)15-24(22)32-28-23/h3-5,7-12,14-15,27,29H,1-2,6,13,16H2. The van der Waals surface area contributed by atoms with Gasteiger partial charge >= 0.3 is 0 Å². The van der Waals surface area contributed by atoms with E-state index < -0.39 is 15.8 Å². The van der Waals surface area contributed by atoms with E-state index in [0.717, 1.165) is 54.6 Å². The number of unbranched alkanes of at least 4 members (excludes halogenated alkanes) is 1. The van der Waals surface area contributed by atoms with Crippen molar-refractivity contribution in [1.29, 1.82) is 0 Å². The minimum absolute atomic E-state index is 0.00236. The fourth-order valence-corrected chi connectivity index (χ4v) is 4.54. The molecule has 4 rings (SSSR count). The molecule has 6 nitrogen and oxygen atoms in total. The van der Waals surface area contributed by atoms with Crippen LogP contribution < -0.4 is 10.0 Å². The van der Waals surface area contributed by atoms with Crippen LogP contribution in [0.3, 0.4) is 0 Å². The van der Waals surface area contributed by atoms with E-state index in [0.29, 0.717) is 17.8 Å². The average Bonchev–Trinajstić information content (AvgIpc) is 3.18. The second-order valence-electron chi connectivity index (χ2n) is 7.66. The molecule has 2 N–H and O–H groups in total. The van der Waals surface area contributed by atoms with Crippen molar-refractivity contribution in [2.24, 2.45) is 0 Å². The van der Waals surface area contributed by atoms with Gasteiger partial charge in [0.15, 0.2) is 5.58 Å². The molecule has 0 amide bonds. The first kappa shape index (κ1) is 22.9. The molecular formula is C24H23F2N3O3S. The molecule has 0 aliphatic heterocycles. The van der Waals surface area contributed by atoms with E-state index in [9.17, 15) is 17.2 Å². The molecule has 0 bridgehead atoms. The number of halogens is 2. The van der Waals surface area contributed by atoms with Gasteiger partial charge in [-0.15, -0.1) is 0 Å². The fourth-order valence-electron chi connectivity index (χ4n) is 3.49. The topological polar surface area (TPSA) is 84.2 Å². The van der Waals surface area contributed by atoms with Gasteiger partial charge in [0.05, 0.1) is 10.6 Å². The molecule has 3 aromatic carbocycles. The highest BCUT2D eigenvalue weighted by atomic mass is 32.2. The SMILES string of the molecule is O=S(=O)(Nc1cccc(CNCCCCc2noc3cc(F)ccc23)c1)c1ccc(F)cc1. The number of hydrogen-bond donors (Lipinski definition) is 2. The Bertz CT molecular complexity index is 1340. The van der Waals surface area contributed by atoms with Crippen LogP contribution in [0, 0.1) is 11.6 Å². The van der Waals surface area contributed by atoms with Crippen molar-refractivity contribution in [3.05, 3.63) is 89.6 Å². The maximum absolute atomic E-state index is 13.2. The molecule has 0 saturated carbocycles. The smallest absolute Gasteiger partial charge is 0.261 e. The van der Waals surface area contributed by atoms with Crippen LogP contribution in [-0.4, -0.2) is 20.1 Å². The summed E-state index contributed by atoms with van der Waals surface area (Å²) in [6, 6.07) is 16.2. The Morgan fingerprint density at radius 2 is 1.70 bits per heavy atom. The van der Waals surface area contributed by atoms with Gasteiger partial charge in [-0.3, -0.25) is 4.72 Å². The lowest BCUT2D eigenvalue weighted by atomic mass is 10.1. The molecule has 0 radical (unpaired) electrons. The predicted molar refractivity (Wildman–Crippen MR) is 122 cm³/mol. The predicted octanol–water partition coefficient (Wildman–Crippen LogP) is 5.02. The Kier molecular flexibility index (Phi) is 7.00. The molecule has 0 fully saturated rings. The number of rotatable bonds is 10. The van der Waals surface area contributed by atoms with Gasteiger partial charge < -0.3 is 9.84 Å². The van der Waals surface area contributed by atoms with Crippen LogP contribution >= 0.6 is 0 Å². The number of anilines is 1. The third-order valence-corrected chi connectivity index (χ3v) is 6.56. The van der Waals surface area contributed by atoms with E-state index in [4.69, 9.17) is 4.52 Å². The normalized spacial score (nSPS) is 11.7. The van der Waals surface area contributed by atoms with Gasteiger partial charge in [-0.05, 0) is 79.9 Å². The van der Waals surface area contributed by atoms with E-state index >= 15 is 0 Å². The van der Waals surface area contributed by atoms with Crippen molar-refractivity contribution in [2.45, 2.75) is 30.7 Å². The van der Waals surface area contributed by atoms with Gasteiger partial charge in [0, 0.05) is 23.7 Å². The minimum Gasteiger partial charge on any atom is -0.356 e. The summed E-state index contributed by atoms with van der Waals surface area (Å²) in [6.45, 7) is 1.36. The van der Waals surface area contributed by atoms with Crippen molar-refractivity contribution >= 4 is 26.7 Å². The average molecular weight is 472 g/mol. The summed E-state index contributed by atoms with van der Waals surface area (Å²) >= 11 is 0. The Morgan fingerprint density at radius 1 is 0.909 bits per heavy atom. The lowest BCUT2D eigenvalue weighted by molar-refractivity contribution is 0.442. The summed E-state index contributed by atoms with van der Waals surface area (Å²) in [4.78, 5) is -0.00236. The molecular weight excluding hydrogens is 448 g/mol. The Morgan fingerprint density at radius 3 is 2.52 bits per heavy atom. The van der Waals surface area contributed by atoms with E-state index in [1.165, 1.54) is 24.3 Å². The van der Waals surface area contributed by atoms with E-state index in [1.54, 1.807) is 24.3 Å². The fraction of sp³-hybridized carbons (Fsp3) is 0.208. The summed E-state index contributed by atoms with van der Waals surface area (Å²) in [7, 11) is -3.79. The Balaban J connectivity index is 1.24. The largest absolute Gasteiger partial charge is 0.356 e. The molecule has 0 spiro atoms. The Hall–Kier alpha value is -3.30. The quantitative estimate of drug-likeness (QED) is 0.317. The monoisotopic (exact) mass is 471 g/mol. The van der Waals surface area contributed by atoms with Crippen molar-refractivity contribution in [3.63, 3.8) is 0 Å². The van der Waals surface area contributed by atoms with Crippen LogP contribution in [0.2, 0.25) is 0 Å². The highest BCUT2D eigenvalue weighted by Gasteiger charge is 2.14. The van der Waals surface area contributed by atoms with Crippen LogP contribution in [0.15, 0.2) is 76.1 Å². The first-order chi connectivity index (χ1) is 15.9. The molecule has 0 atom stereocenters. The van der Waals surface area contributed by atoms with Gasteiger partial charge in [0.25, 0.3) is 10.0 Å². The van der Waals surface area contributed by atoms with E-state index in [-0.39, 0.29) is 10.7 Å². The van der Waals surface area contributed by atoms with Crippen LogP contribution in [0.5, 0.6) is 0 Å². The molecule has 172 valence electrons. The molecule has 0 unspecified atom stereocenters. The number of sulfonamides is 1. The molecule has 4 aromatic rings. The van der Waals surface area contributed by atoms with Crippen molar-refractivity contribution < 1.29 is 21.7 Å². The van der Waals surface area contributed by atoms with Gasteiger partial charge in [-0.1, -0.05) is 17.3 Å². The number of nitrogens with one attached hydrogen (secondary N) is 2. The molecule has 0 aliphatic carbocycles. The van der Waals surface area contributed by atoms with Gasteiger partial charge in [0.1, 0.15) is 11.6 Å². The summed E-state index contributed by atoms with van der Waals surface area (Å²) < 4.78 is 58.9. The van der Waals surface area contributed by atoms with Gasteiger partial charge in [-0.25, -0.2) is 17.2 Å². The lowest BCUT2D eigenvalue weighted by Gasteiger charge is -2.10. The third kappa shape index (κ3) is 5.94. The summed E-state index contributed by atoms with van der Waals surface area (Å²) in [5, 5.41) is 8.21. The summed E-state index contributed by atoms with van der Waals surface area (Å²) in [6.07, 6.45) is 2.54. The van der Waals surface area contributed by atoms with Crippen LogP contribution in [0.25, 0.3) is 11.0 Å². The first-order valence-electron chi connectivity index (χ1n) is 10.5. The minimum atomic E-state index is -3.79. The van der Waals surface area contributed by atoms with Gasteiger partial charge in [-0.2, -0.15) is 0 Å². The number of benzene rings is 3. The van der Waals surface area contributed by atoms with Crippen LogP contribution in [-0.2, 0) is 23.0 Å². The second kappa shape index (κ2) is 10.1. The number of aromatic nitrogens is 1. The van der Waals surface area contributed by atoms with Crippen LogP contribution in [0.4, 0.5) is 14.5 Å².